The Morgan fingerprint density at radius 1 is 0.535 bits per heavy atom. The summed E-state index contributed by atoms with van der Waals surface area (Å²) >= 11 is 0.367. The molecule has 0 saturated carbocycles. The SMILES string of the molecule is O=C(/C=C/c1ccc(Sc2ccc(/C=C/C(=O)N3CCC(N4CCCC4)CC3)c(-c3ccc4c(c3)CCOO4)c2C(F)(F)F)c(C(F)(F)F)c1-c1ccc2c(c1)CCOO2)N1CCC(N2CCCC2)CC1. The molecule has 4 fully saturated rings. The molecule has 10 nitrogen and oxygen atoms in total. The summed E-state index contributed by atoms with van der Waals surface area (Å²) < 4.78 is 95.7. The lowest BCUT2D eigenvalue weighted by atomic mass is 9.91. The van der Waals surface area contributed by atoms with Gasteiger partial charge in [-0.3, -0.25) is 9.59 Å². The number of rotatable bonds is 10. The van der Waals surface area contributed by atoms with E-state index in [1.54, 1.807) is 21.9 Å². The maximum Gasteiger partial charge on any atom is 0.418 e. The van der Waals surface area contributed by atoms with Crippen LogP contribution in [0.1, 0.15) is 84.7 Å². The smallest absolute Gasteiger partial charge is 0.339 e. The zero-order valence-electron chi connectivity index (χ0n) is 39.3. The molecule has 4 saturated heterocycles. The quantitative estimate of drug-likeness (QED) is 0.0876. The molecule has 0 atom stereocenters. The van der Waals surface area contributed by atoms with E-state index in [4.69, 9.17) is 19.6 Å². The molecule has 10 rings (SSSR count). The van der Waals surface area contributed by atoms with Crippen molar-refractivity contribution in [3.8, 4) is 33.8 Å². The van der Waals surface area contributed by atoms with Gasteiger partial charge in [-0.15, -0.1) is 0 Å². The van der Waals surface area contributed by atoms with Crippen LogP contribution in [0.15, 0.2) is 82.6 Å². The van der Waals surface area contributed by atoms with E-state index in [2.05, 4.69) is 9.80 Å². The number of piperidine rings is 2. The molecule has 17 heteroatoms. The van der Waals surface area contributed by atoms with Crippen LogP contribution in [-0.2, 0) is 44.6 Å². The third-order valence-corrected chi connectivity index (χ3v) is 15.9. The number of halogens is 6. The number of carbonyl (C=O) groups excluding carboxylic acids is 2. The normalized spacial score (nSPS) is 19.9. The second-order valence-electron chi connectivity index (χ2n) is 19.1. The summed E-state index contributed by atoms with van der Waals surface area (Å²) in [5, 5.41) is 0. The first-order chi connectivity index (χ1) is 34.3. The highest BCUT2D eigenvalue weighted by Gasteiger charge is 2.42. The Hall–Kier alpha value is -5.33. The van der Waals surface area contributed by atoms with Gasteiger partial charge in [0.2, 0.25) is 11.8 Å². The summed E-state index contributed by atoms with van der Waals surface area (Å²) in [5.74, 6) is 0.0104. The highest BCUT2D eigenvalue weighted by molar-refractivity contribution is 7.99. The number of alkyl halides is 6. The molecule has 0 aromatic heterocycles. The largest absolute Gasteiger partial charge is 0.418 e. The lowest BCUT2D eigenvalue weighted by Crippen LogP contribution is -2.45. The summed E-state index contributed by atoms with van der Waals surface area (Å²) in [6.45, 7) is 6.59. The van der Waals surface area contributed by atoms with Crippen LogP contribution < -0.4 is 9.78 Å². The minimum atomic E-state index is -5.08. The summed E-state index contributed by atoms with van der Waals surface area (Å²) in [4.78, 5) is 55.5. The van der Waals surface area contributed by atoms with Crippen LogP contribution in [0, 0.1) is 0 Å². The maximum atomic E-state index is 16.0. The van der Waals surface area contributed by atoms with E-state index >= 15 is 26.3 Å². The molecule has 2 amide bonds. The van der Waals surface area contributed by atoms with Gasteiger partial charge in [0.25, 0.3) is 0 Å². The third-order valence-electron chi connectivity index (χ3n) is 14.8. The number of hydrogen-bond donors (Lipinski definition) is 0. The molecule has 0 N–H and O–H groups in total. The number of likely N-dealkylation sites (tertiary alicyclic amines) is 4. The highest BCUT2D eigenvalue weighted by atomic mass is 32.2. The van der Waals surface area contributed by atoms with Crippen LogP contribution >= 0.6 is 11.8 Å². The summed E-state index contributed by atoms with van der Waals surface area (Å²) in [6, 6.07) is 15.0. The number of benzene rings is 4. The lowest BCUT2D eigenvalue weighted by molar-refractivity contribution is -0.215. The number of fused-ring (bicyclic) bond motifs is 2. The van der Waals surface area contributed by atoms with Crippen LogP contribution in [0.5, 0.6) is 11.5 Å². The van der Waals surface area contributed by atoms with Crippen molar-refractivity contribution in [2.75, 3.05) is 65.6 Å². The van der Waals surface area contributed by atoms with Crippen molar-refractivity contribution in [1.29, 1.82) is 0 Å². The van der Waals surface area contributed by atoms with Gasteiger partial charge in [-0.2, -0.15) is 36.1 Å². The Bertz CT molecular complexity index is 2500. The van der Waals surface area contributed by atoms with E-state index in [-0.39, 0.29) is 58.4 Å². The molecule has 376 valence electrons. The minimum absolute atomic E-state index is 0.0670. The van der Waals surface area contributed by atoms with Gasteiger partial charge in [0, 0.05) is 95.3 Å². The van der Waals surface area contributed by atoms with Gasteiger partial charge in [-0.1, -0.05) is 36.0 Å². The van der Waals surface area contributed by atoms with Gasteiger partial charge in [-0.05, 0) is 148 Å². The fourth-order valence-electron chi connectivity index (χ4n) is 11.1. The third kappa shape index (κ3) is 10.9. The molecule has 6 aliphatic heterocycles. The first-order valence-corrected chi connectivity index (χ1v) is 25.5. The fraction of sp³-hybridized carbons (Fsp3) is 0.444. The lowest BCUT2D eigenvalue weighted by Gasteiger charge is -2.36. The fourth-order valence-corrected chi connectivity index (χ4v) is 12.3. The molecular formula is C54H56F6N4O6S. The first kappa shape index (κ1) is 49.3. The van der Waals surface area contributed by atoms with Gasteiger partial charge in [0.05, 0.1) is 24.3 Å². The summed E-state index contributed by atoms with van der Waals surface area (Å²) in [6.07, 6.45) is 3.71. The predicted octanol–water partition coefficient (Wildman–Crippen LogP) is 11.1. The van der Waals surface area contributed by atoms with Crippen LogP contribution in [0.4, 0.5) is 26.3 Å². The summed E-state index contributed by atoms with van der Waals surface area (Å²) in [5.41, 5.74) is -1.29. The van der Waals surface area contributed by atoms with Gasteiger partial charge in [0.15, 0.2) is 11.5 Å². The molecule has 0 radical (unpaired) electrons. The molecule has 71 heavy (non-hydrogen) atoms. The molecule has 4 aromatic carbocycles. The van der Waals surface area contributed by atoms with E-state index in [1.807, 2.05) is 0 Å². The minimum Gasteiger partial charge on any atom is -0.339 e. The van der Waals surface area contributed by atoms with Gasteiger partial charge in [-0.25, -0.2) is 0 Å². The van der Waals surface area contributed by atoms with Crippen LogP contribution in [-0.4, -0.2) is 109 Å². The van der Waals surface area contributed by atoms with Crippen LogP contribution in [0.2, 0.25) is 0 Å². The number of amides is 2. The van der Waals surface area contributed by atoms with E-state index < -0.39 is 33.3 Å². The van der Waals surface area contributed by atoms with Gasteiger partial charge < -0.3 is 29.4 Å². The molecular weight excluding hydrogens is 947 g/mol. The van der Waals surface area contributed by atoms with E-state index in [0.29, 0.717) is 85.5 Å². The Kier molecular flexibility index (Phi) is 14.6. The monoisotopic (exact) mass is 1000 g/mol. The molecule has 4 aromatic rings. The number of hydrogen-bond acceptors (Lipinski definition) is 9. The second-order valence-corrected chi connectivity index (χ2v) is 20.2. The topological polar surface area (TPSA) is 84.0 Å². The standard InChI is InChI=1S/C54H56F6N4O6S/c55-53(56,57)51-45(13-7-35(49(51)39-5-11-43-37(33-39)21-31-67-69-43)9-15-47(65)63-27-17-41(18-28-63)61-23-1-2-24-61)71-46-14-8-36(10-16-48(66)64-29-19-42(20-30-64)62-25-3-4-26-62)50(52(46)54(58,59)60)40-6-12-44-38(34-40)22-32-68-70-44/h5-16,33-34,41-42H,1-4,17-32H2/b15-9+,16-10+. The van der Waals surface area contributed by atoms with Gasteiger partial charge >= 0.3 is 12.4 Å². The average molecular weight is 1000 g/mol. The van der Waals surface area contributed by atoms with Crippen LogP contribution in [0.3, 0.4) is 0 Å². The summed E-state index contributed by atoms with van der Waals surface area (Å²) in [7, 11) is 0. The maximum absolute atomic E-state index is 16.0. The molecule has 6 aliphatic rings. The van der Waals surface area contributed by atoms with Crippen molar-refractivity contribution in [1.82, 2.24) is 19.6 Å². The highest BCUT2D eigenvalue weighted by Crippen LogP contribution is 2.52. The van der Waals surface area contributed by atoms with Crippen molar-refractivity contribution in [3.63, 3.8) is 0 Å². The van der Waals surface area contributed by atoms with E-state index in [1.165, 1.54) is 72.8 Å². The van der Waals surface area contributed by atoms with Gasteiger partial charge in [0.1, 0.15) is 0 Å². The Morgan fingerprint density at radius 3 is 1.31 bits per heavy atom. The molecule has 0 aliphatic carbocycles. The van der Waals surface area contributed by atoms with Crippen molar-refractivity contribution in [2.45, 2.75) is 98.4 Å². The van der Waals surface area contributed by atoms with E-state index in [9.17, 15) is 9.59 Å². The predicted molar refractivity (Wildman–Crippen MR) is 257 cm³/mol. The Balaban J connectivity index is 1.03. The Labute approximate surface area is 413 Å². The second kappa shape index (κ2) is 21.0. The van der Waals surface area contributed by atoms with Crippen molar-refractivity contribution in [2.24, 2.45) is 0 Å². The molecule has 6 heterocycles. The zero-order valence-corrected chi connectivity index (χ0v) is 40.1. The molecule has 0 bridgehead atoms. The van der Waals surface area contributed by atoms with Crippen molar-refractivity contribution in [3.05, 3.63) is 106 Å². The Morgan fingerprint density at radius 2 is 0.930 bits per heavy atom. The van der Waals surface area contributed by atoms with E-state index in [0.717, 1.165) is 77.5 Å². The number of nitrogens with zero attached hydrogens (tertiary/aromatic N) is 4. The number of carbonyl (C=O) groups is 2. The first-order valence-electron chi connectivity index (χ1n) is 24.7. The average Bonchev–Trinajstić information content (AvgIpc) is 4.13. The molecule has 0 unspecified atom stereocenters. The van der Waals surface area contributed by atoms with Crippen molar-refractivity contribution >= 4 is 35.7 Å². The molecule has 0 spiro atoms. The van der Waals surface area contributed by atoms with Crippen LogP contribution in [0.25, 0.3) is 34.4 Å². The zero-order chi connectivity index (χ0) is 49.3. The van der Waals surface area contributed by atoms with Crippen molar-refractivity contribution < 1.29 is 55.5 Å².